The number of carbonyl (C=O) groups excluding carboxylic acids is 1. The highest BCUT2D eigenvalue weighted by Gasteiger charge is 2.16. The number of ether oxygens (including phenoxy) is 1. The molecule has 0 spiro atoms. The number of para-hydroxylation sites is 1. The zero-order chi connectivity index (χ0) is 22.6. The van der Waals surface area contributed by atoms with Crippen molar-refractivity contribution in [2.24, 2.45) is 0 Å². The predicted octanol–water partition coefficient (Wildman–Crippen LogP) is 7.68. The number of halogens is 1. The molecule has 5 rings (SSSR count). The van der Waals surface area contributed by atoms with Gasteiger partial charge >= 0.3 is 0 Å². The maximum Gasteiger partial charge on any atom is 0.262 e. The number of benzene rings is 3. The third-order valence-electron chi connectivity index (χ3n) is 6.11. The Bertz CT molecular complexity index is 1230. The molecular weight excluding hydrogens is 452 g/mol. The van der Waals surface area contributed by atoms with Gasteiger partial charge in [0, 0.05) is 10.6 Å². The molecule has 3 aromatic carbocycles. The molecule has 1 aliphatic rings. The Morgan fingerprint density at radius 3 is 2.61 bits per heavy atom. The van der Waals surface area contributed by atoms with Crippen LogP contribution in [0.4, 0.5) is 5.69 Å². The number of nitrogens with zero attached hydrogens (tertiary/aromatic N) is 1. The van der Waals surface area contributed by atoms with E-state index in [2.05, 4.69) is 17.4 Å². The molecule has 1 amide bonds. The zero-order valence-electron chi connectivity index (χ0n) is 18.2. The van der Waals surface area contributed by atoms with Gasteiger partial charge in [0.2, 0.25) is 0 Å². The van der Waals surface area contributed by atoms with Gasteiger partial charge in [-0.05, 0) is 66.8 Å². The summed E-state index contributed by atoms with van der Waals surface area (Å²) in [6.45, 7) is -0.0648. The Morgan fingerprint density at radius 2 is 1.82 bits per heavy atom. The summed E-state index contributed by atoms with van der Waals surface area (Å²) in [7, 11) is 0. The predicted molar refractivity (Wildman–Crippen MR) is 136 cm³/mol. The number of hydrogen-bond acceptors (Lipinski definition) is 4. The van der Waals surface area contributed by atoms with Crippen LogP contribution in [0, 0.1) is 0 Å². The van der Waals surface area contributed by atoms with Gasteiger partial charge in [-0.2, -0.15) is 0 Å². The minimum atomic E-state index is -0.226. The van der Waals surface area contributed by atoms with Crippen LogP contribution in [0.1, 0.15) is 43.6 Å². The van der Waals surface area contributed by atoms with Crippen LogP contribution in [0.25, 0.3) is 20.8 Å². The van der Waals surface area contributed by atoms with E-state index in [4.69, 9.17) is 21.3 Å². The molecule has 1 aliphatic carbocycles. The summed E-state index contributed by atoms with van der Waals surface area (Å²) in [5.41, 5.74) is 3.76. The molecule has 0 aliphatic heterocycles. The molecule has 4 nitrogen and oxygen atoms in total. The molecule has 0 unspecified atom stereocenters. The Labute approximate surface area is 202 Å². The Balaban J connectivity index is 1.25. The normalized spacial score (nSPS) is 14.3. The van der Waals surface area contributed by atoms with Gasteiger partial charge in [-0.15, -0.1) is 11.3 Å². The lowest BCUT2D eigenvalue weighted by Crippen LogP contribution is -2.20. The third-order valence-corrected chi connectivity index (χ3v) is 7.41. The fourth-order valence-corrected chi connectivity index (χ4v) is 5.57. The first-order valence-electron chi connectivity index (χ1n) is 11.3. The first kappa shape index (κ1) is 21.9. The van der Waals surface area contributed by atoms with Gasteiger partial charge in [0.25, 0.3) is 5.91 Å². The third kappa shape index (κ3) is 5.21. The molecule has 1 aromatic heterocycles. The van der Waals surface area contributed by atoms with E-state index in [1.807, 2.05) is 42.5 Å². The Morgan fingerprint density at radius 1 is 1.03 bits per heavy atom. The number of thiazole rings is 1. The van der Waals surface area contributed by atoms with Crippen molar-refractivity contribution in [2.45, 2.75) is 38.0 Å². The van der Waals surface area contributed by atoms with Crippen molar-refractivity contribution in [1.29, 1.82) is 0 Å². The van der Waals surface area contributed by atoms with Gasteiger partial charge in [0.1, 0.15) is 10.8 Å². The number of carbonyl (C=O) groups is 1. The van der Waals surface area contributed by atoms with Crippen molar-refractivity contribution in [3.8, 4) is 16.3 Å². The Hall–Kier alpha value is -2.89. The minimum Gasteiger partial charge on any atom is -0.484 e. The average molecular weight is 477 g/mol. The fraction of sp³-hybridized carbons (Fsp3) is 0.259. The van der Waals surface area contributed by atoms with Crippen LogP contribution >= 0.6 is 22.9 Å². The summed E-state index contributed by atoms with van der Waals surface area (Å²) < 4.78 is 6.84. The second-order valence-corrected chi connectivity index (χ2v) is 9.88. The van der Waals surface area contributed by atoms with E-state index in [1.165, 1.54) is 37.7 Å². The van der Waals surface area contributed by atoms with Gasteiger partial charge in [0.05, 0.1) is 15.9 Å². The van der Waals surface area contributed by atoms with Crippen molar-refractivity contribution in [3.63, 3.8) is 0 Å². The minimum absolute atomic E-state index is 0.0648. The Kier molecular flexibility index (Phi) is 6.60. The molecule has 4 aromatic rings. The number of nitrogens with one attached hydrogen (secondary N) is 1. The van der Waals surface area contributed by atoms with Crippen LogP contribution in [-0.4, -0.2) is 17.5 Å². The first-order chi connectivity index (χ1) is 16.2. The summed E-state index contributed by atoms with van der Waals surface area (Å²) in [6, 6.07) is 21.6. The fourth-order valence-electron chi connectivity index (χ4n) is 4.40. The van der Waals surface area contributed by atoms with Gasteiger partial charge in [0.15, 0.2) is 6.61 Å². The summed E-state index contributed by atoms with van der Waals surface area (Å²) in [4.78, 5) is 17.4. The van der Waals surface area contributed by atoms with Crippen LogP contribution in [-0.2, 0) is 4.79 Å². The van der Waals surface area contributed by atoms with E-state index in [-0.39, 0.29) is 12.5 Å². The number of anilines is 1. The number of hydrogen-bond donors (Lipinski definition) is 1. The summed E-state index contributed by atoms with van der Waals surface area (Å²) in [5.74, 6) is 1.13. The molecular formula is C27H25ClN2O2S. The van der Waals surface area contributed by atoms with Crippen LogP contribution in [0.3, 0.4) is 0 Å². The van der Waals surface area contributed by atoms with Crippen LogP contribution in [0.2, 0.25) is 5.02 Å². The maximum absolute atomic E-state index is 12.7. The standard InChI is InChI=1S/C27H25ClN2O2S/c28-20-12-15-23(22(16-20)27-30-24-8-4-5-9-25(24)33-27)29-26(31)17-32-21-13-10-19(11-14-21)18-6-2-1-3-7-18/h4-5,8-16,18H,1-3,6-7,17H2,(H,29,31). The van der Waals surface area contributed by atoms with Gasteiger partial charge in [-0.3, -0.25) is 4.79 Å². The number of rotatable bonds is 6. The van der Waals surface area contributed by atoms with Crippen LogP contribution in [0.5, 0.6) is 5.75 Å². The second-order valence-electron chi connectivity index (χ2n) is 8.42. The highest BCUT2D eigenvalue weighted by molar-refractivity contribution is 7.21. The van der Waals surface area contributed by atoms with Crippen molar-refractivity contribution >= 4 is 44.7 Å². The van der Waals surface area contributed by atoms with Gasteiger partial charge in [-0.25, -0.2) is 4.98 Å². The summed E-state index contributed by atoms with van der Waals surface area (Å²) in [5, 5.41) is 4.37. The van der Waals surface area contributed by atoms with Crippen molar-refractivity contribution < 1.29 is 9.53 Å². The van der Waals surface area contributed by atoms with Crippen molar-refractivity contribution in [1.82, 2.24) is 4.98 Å². The maximum atomic E-state index is 12.7. The highest BCUT2D eigenvalue weighted by atomic mass is 35.5. The van der Waals surface area contributed by atoms with E-state index in [0.29, 0.717) is 22.4 Å². The zero-order valence-corrected chi connectivity index (χ0v) is 19.8. The van der Waals surface area contributed by atoms with E-state index >= 15 is 0 Å². The SMILES string of the molecule is O=C(COc1ccc(C2CCCCC2)cc1)Nc1ccc(Cl)cc1-c1nc2ccccc2s1. The molecule has 0 atom stereocenters. The highest BCUT2D eigenvalue weighted by Crippen LogP contribution is 2.36. The van der Waals surface area contributed by atoms with E-state index in [1.54, 1.807) is 23.5 Å². The van der Waals surface area contributed by atoms with E-state index in [9.17, 15) is 4.79 Å². The van der Waals surface area contributed by atoms with Crippen molar-refractivity contribution in [2.75, 3.05) is 11.9 Å². The number of fused-ring (bicyclic) bond motifs is 1. The van der Waals surface area contributed by atoms with Crippen LogP contribution < -0.4 is 10.1 Å². The van der Waals surface area contributed by atoms with Gasteiger partial charge in [-0.1, -0.05) is 55.1 Å². The van der Waals surface area contributed by atoms with Crippen molar-refractivity contribution in [3.05, 3.63) is 77.3 Å². The molecule has 1 fully saturated rings. The first-order valence-corrected chi connectivity index (χ1v) is 12.5. The lowest BCUT2D eigenvalue weighted by molar-refractivity contribution is -0.118. The lowest BCUT2D eigenvalue weighted by atomic mass is 9.84. The molecule has 168 valence electrons. The molecule has 6 heteroatoms. The summed E-state index contributed by atoms with van der Waals surface area (Å²) >= 11 is 7.82. The average Bonchev–Trinajstić information content (AvgIpc) is 3.29. The quantitative estimate of drug-likeness (QED) is 0.310. The van der Waals surface area contributed by atoms with Crippen LogP contribution in [0.15, 0.2) is 66.7 Å². The molecule has 0 bridgehead atoms. The smallest absolute Gasteiger partial charge is 0.262 e. The second kappa shape index (κ2) is 9.94. The molecule has 0 saturated heterocycles. The molecule has 0 radical (unpaired) electrons. The van der Waals surface area contributed by atoms with E-state index < -0.39 is 0 Å². The molecule has 33 heavy (non-hydrogen) atoms. The molecule has 1 heterocycles. The monoisotopic (exact) mass is 476 g/mol. The number of amides is 1. The molecule has 1 N–H and O–H groups in total. The topological polar surface area (TPSA) is 51.2 Å². The van der Waals surface area contributed by atoms with Gasteiger partial charge < -0.3 is 10.1 Å². The molecule has 1 saturated carbocycles. The summed E-state index contributed by atoms with van der Waals surface area (Å²) in [6.07, 6.45) is 6.50. The number of aromatic nitrogens is 1. The van der Waals surface area contributed by atoms with E-state index in [0.717, 1.165) is 20.8 Å². The lowest BCUT2D eigenvalue weighted by Gasteiger charge is -2.22. The largest absolute Gasteiger partial charge is 0.484 e.